The van der Waals surface area contributed by atoms with Crippen LogP contribution in [0, 0.1) is 11.8 Å². The minimum Gasteiger partial charge on any atom is -0.480 e. The molecule has 0 aliphatic heterocycles. The molecule has 17 heavy (non-hydrogen) atoms. The molecule has 0 aromatic rings. The van der Waals surface area contributed by atoms with Crippen LogP contribution in [0.25, 0.3) is 0 Å². The van der Waals surface area contributed by atoms with E-state index in [1.807, 2.05) is 6.92 Å². The van der Waals surface area contributed by atoms with Crippen LogP contribution in [0.4, 0.5) is 4.79 Å². The van der Waals surface area contributed by atoms with Gasteiger partial charge in [0.15, 0.2) is 0 Å². The molecule has 0 radical (unpaired) electrons. The quantitative estimate of drug-likeness (QED) is 0.634. The van der Waals surface area contributed by atoms with Crippen LogP contribution in [0.3, 0.4) is 0 Å². The Morgan fingerprint density at radius 2 is 2.06 bits per heavy atom. The van der Waals surface area contributed by atoms with Gasteiger partial charge in [0.05, 0.1) is 0 Å². The van der Waals surface area contributed by atoms with E-state index in [2.05, 4.69) is 17.6 Å². The standard InChI is InChI=1S/C12H22N2O3/c1-3-4-10(11(15)16)14-12(17)13-7-8(2)9-5-6-9/h8-10H,3-7H2,1-2H3,(H,15,16)(H2,13,14,17)/t8?,10-/m0/s1. The molecule has 1 saturated carbocycles. The zero-order valence-corrected chi connectivity index (χ0v) is 10.5. The highest BCUT2D eigenvalue weighted by Crippen LogP contribution is 2.35. The molecule has 2 atom stereocenters. The van der Waals surface area contributed by atoms with E-state index < -0.39 is 12.0 Å². The predicted octanol–water partition coefficient (Wildman–Crippen LogP) is 1.59. The fourth-order valence-electron chi connectivity index (χ4n) is 1.84. The maximum atomic E-state index is 11.5. The van der Waals surface area contributed by atoms with Crippen molar-refractivity contribution in [2.24, 2.45) is 11.8 Å². The van der Waals surface area contributed by atoms with Crippen molar-refractivity contribution in [1.82, 2.24) is 10.6 Å². The van der Waals surface area contributed by atoms with E-state index in [9.17, 15) is 9.59 Å². The highest BCUT2D eigenvalue weighted by molar-refractivity contribution is 5.82. The summed E-state index contributed by atoms with van der Waals surface area (Å²) in [5.41, 5.74) is 0. The van der Waals surface area contributed by atoms with Gasteiger partial charge in [-0.1, -0.05) is 20.3 Å². The third-order valence-corrected chi connectivity index (χ3v) is 3.19. The molecule has 1 aliphatic rings. The Morgan fingerprint density at radius 3 is 2.53 bits per heavy atom. The fraction of sp³-hybridized carbons (Fsp3) is 0.833. The molecule has 1 fully saturated rings. The summed E-state index contributed by atoms with van der Waals surface area (Å²) >= 11 is 0. The van der Waals surface area contributed by atoms with E-state index >= 15 is 0 Å². The maximum absolute atomic E-state index is 11.5. The van der Waals surface area contributed by atoms with E-state index in [0.717, 1.165) is 12.3 Å². The van der Waals surface area contributed by atoms with Crippen molar-refractivity contribution in [2.75, 3.05) is 6.54 Å². The van der Waals surface area contributed by atoms with E-state index in [1.165, 1.54) is 12.8 Å². The number of nitrogens with one attached hydrogen (secondary N) is 2. The Balaban J connectivity index is 2.23. The van der Waals surface area contributed by atoms with Crippen LogP contribution in [0.15, 0.2) is 0 Å². The van der Waals surface area contributed by atoms with Crippen molar-refractivity contribution in [3.63, 3.8) is 0 Å². The van der Waals surface area contributed by atoms with Crippen molar-refractivity contribution in [3.05, 3.63) is 0 Å². The first-order valence-electron chi connectivity index (χ1n) is 6.31. The molecule has 3 N–H and O–H groups in total. The van der Waals surface area contributed by atoms with E-state index in [1.54, 1.807) is 0 Å². The summed E-state index contributed by atoms with van der Waals surface area (Å²) in [5, 5.41) is 14.1. The number of rotatable bonds is 7. The lowest BCUT2D eigenvalue weighted by Crippen LogP contribution is -2.46. The summed E-state index contributed by atoms with van der Waals surface area (Å²) in [6.07, 6.45) is 3.69. The lowest BCUT2D eigenvalue weighted by Gasteiger charge is -2.16. The molecule has 1 unspecified atom stereocenters. The maximum Gasteiger partial charge on any atom is 0.326 e. The monoisotopic (exact) mass is 242 g/mol. The summed E-state index contributed by atoms with van der Waals surface area (Å²) < 4.78 is 0. The average molecular weight is 242 g/mol. The smallest absolute Gasteiger partial charge is 0.326 e. The number of hydrogen-bond donors (Lipinski definition) is 3. The summed E-state index contributed by atoms with van der Waals surface area (Å²) in [4.78, 5) is 22.3. The average Bonchev–Trinajstić information content (AvgIpc) is 3.08. The number of urea groups is 1. The number of carboxylic acids is 1. The van der Waals surface area contributed by atoms with E-state index in [0.29, 0.717) is 18.9 Å². The second kappa shape index (κ2) is 6.47. The summed E-state index contributed by atoms with van der Waals surface area (Å²) in [6.45, 7) is 4.62. The van der Waals surface area contributed by atoms with Gasteiger partial charge < -0.3 is 15.7 Å². The number of hydrogen-bond acceptors (Lipinski definition) is 2. The van der Waals surface area contributed by atoms with Gasteiger partial charge in [0.2, 0.25) is 0 Å². The highest BCUT2D eigenvalue weighted by atomic mass is 16.4. The second-order valence-electron chi connectivity index (χ2n) is 4.85. The van der Waals surface area contributed by atoms with Crippen LogP contribution in [-0.4, -0.2) is 29.7 Å². The molecule has 0 heterocycles. The minimum atomic E-state index is -0.975. The van der Waals surface area contributed by atoms with Crippen molar-refractivity contribution >= 4 is 12.0 Å². The van der Waals surface area contributed by atoms with Gasteiger partial charge in [-0.25, -0.2) is 9.59 Å². The molecule has 0 bridgehead atoms. The van der Waals surface area contributed by atoms with Crippen molar-refractivity contribution in [1.29, 1.82) is 0 Å². The van der Waals surface area contributed by atoms with E-state index in [-0.39, 0.29) is 6.03 Å². The molecule has 0 spiro atoms. The normalized spacial score (nSPS) is 18.2. The van der Waals surface area contributed by atoms with Crippen molar-refractivity contribution in [3.8, 4) is 0 Å². The molecule has 5 heteroatoms. The largest absolute Gasteiger partial charge is 0.480 e. The first-order valence-corrected chi connectivity index (χ1v) is 6.31. The first kappa shape index (κ1) is 13.8. The van der Waals surface area contributed by atoms with Crippen molar-refractivity contribution in [2.45, 2.75) is 45.6 Å². The number of aliphatic carboxylic acids is 1. The second-order valence-corrected chi connectivity index (χ2v) is 4.85. The van der Waals surface area contributed by atoms with Crippen molar-refractivity contribution < 1.29 is 14.7 Å². The van der Waals surface area contributed by atoms with Gasteiger partial charge in [-0.3, -0.25) is 0 Å². The van der Waals surface area contributed by atoms with Crippen LogP contribution in [0.1, 0.15) is 39.5 Å². The van der Waals surface area contributed by atoms with Gasteiger partial charge in [0.1, 0.15) is 6.04 Å². The molecule has 0 saturated heterocycles. The van der Waals surface area contributed by atoms with Crippen LogP contribution in [0.5, 0.6) is 0 Å². The Bertz CT molecular complexity index is 277. The highest BCUT2D eigenvalue weighted by Gasteiger charge is 2.28. The Labute approximate surface area is 102 Å². The number of carbonyl (C=O) groups excluding carboxylic acids is 1. The molecular formula is C12H22N2O3. The summed E-state index contributed by atoms with van der Waals surface area (Å²) in [7, 11) is 0. The lowest BCUT2D eigenvalue weighted by molar-refractivity contribution is -0.139. The van der Waals surface area contributed by atoms with Gasteiger partial charge >= 0.3 is 12.0 Å². The molecular weight excluding hydrogens is 220 g/mol. The van der Waals surface area contributed by atoms with Gasteiger partial charge in [-0.2, -0.15) is 0 Å². The van der Waals surface area contributed by atoms with Gasteiger partial charge in [-0.15, -0.1) is 0 Å². The third kappa shape index (κ3) is 5.06. The van der Waals surface area contributed by atoms with Gasteiger partial charge in [0, 0.05) is 6.54 Å². The van der Waals surface area contributed by atoms with E-state index in [4.69, 9.17) is 5.11 Å². The fourth-order valence-corrected chi connectivity index (χ4v) is 1.84. The minimum absolute atomic E-state index is 0.377. The lowest BCUT2D eigenvalue weighted by atomic mass is 10.1. The van der Waals surface area contributed by atoms with Gasteiger partial charge in [0.25, 0.3) is 0 Å². The molecule has 5 nitrogen and oxygen atoms in total. The zero-order chi connectivity index (χ0) is 12.8. The predicted molar refractivity (Wildman–Crippen MR) is 64.8 cm³/mol. The molecule has 1 aliphatic carbocycles. The molecule has 98 valence electrons. The van der Waals surface area contributed by atoms with Crippen LogP contribution >= 0.6 is 0 Å². The SMILES string of the molecule is CCC[C@H](NC(=O)NCC(C)C1CC1)C(=O)O. The Morgan fingerprint density at radius 1 is 1.41 bits per heavy atom. The molecule has 0 aromatic heterocycles. The molecule has 0 aromatic carbocycles. The van der Waals surface area contributed by atoms with Crippen LogP contribution < -0.4 is 10.6 Å². The van der Waals surface area contributed by atoms with Crippen LogP contribution in [0.2, 0.25) is 0 Å². The number of carboxylic acid groups (broad SMARTS) is 1. The summed E-state index contributed by atoms with van der Waals surface area (Å²) in [5.74, 6) is 0.244. The zero-order valence-electron chi connectivity index (χ0n) is 10.5. The third-order valence-electron chi connectivity index (χ3n) is 3.19. The van der Waals surface area contributed by atoms with Gasteiger partial charge in [-0.05, 0) is 31.1 Å². The number of carbonyl (C=O) groups is 2. The Kier molecular flexibility index (Phi) is 5.25. The van der Waals surface area contributed by atoms with Crippen LogP contribution in [-0.2, 0) is 4.79 Å². The number of amides is 2. The first-order chi connectivity index (χ1) is 8.04. The Hall–Kier alpha value is -1.26. The topological polar surface area (TPSA) is 78.4 Å². The summed E-state index contributed by atoms with van der Waals surface area (Å²) in [6, 6.07) is -1.16. The molecule has 1 rings (SSSR count). The molecule has 2 amide bonds.